The summed E-state index contributed by atoms with van der Waals surface area (Å²) in [5, 5.41) is 10.2. The summed E-state index contributed by atoms with van der Waals surface area (Å²) in [4.78, 5) is 11.5. The number of esters is 1. The molecule has 1 N–H and O–H groups in total. The van der Waals surface area contributed by atoms with Crippen molar-refractivity contribution >= 4 is 17.7 Å². The second kappa shape index (κ2) is 4.96. The van der Waals surface area contributed by atoms with Crippen molar-refractivity contribution in [2.45, 2.75) is 62.6 Å². The molecule has 4 heteroatoms. The van der Waals surface area contributed by atoms with Gasteiger partial charge in [-0.05, 0) is 40.5 Å². The summed E-state index contributed by atoms with van der Waals surface area (Å²) >= 11 is 1.72. The Kier molecular flexibility index (Phi) is 4.29. The Morgan fingerprint density at radius 2 is 2.25 bits per heavy atom. The van der Waals surface area contributed by atoms with E-state index in [0.717, 1.165) is 12.8 Å². The van der Waals surface area contributed by atoms with E-state index >= 15 is 0 Å². The third kappa shape index (κ3) is 3.67. The van der Waals surface area contributed by atoms with Crippen molar-refractivity contribution in [2.24, 2.45) is 0 Å². The Morgan fingerprint density at radius 1 is 1.62 bits per heavy atom. The highest BCUT2D eigenvalue weighted by atomic mass is 32.2. The molecule has 16 heavy (non-hydrogen) atoms. The SMILES string of the molecule is CCOC(=O)CC1(C)CCC(C(C)(C)O)S1. The molecule has 0 radical (unpaired) electrons. The highest BCUT2D eigenvalue weighted by Crippen LogP contribution is 2.48. The van der Waals surface area contributed by atoms with Crippen molar-refractivity contribution in [3.63, 3.8) is 0 Å². The van der Waals surface area contributed by atoms with Gasteiger partial charge in [-0.25, -0.2) is 0 Å². The number of ether oxygens (including phenoxy) is 1. The van der Waals surface area contributed by atoms with Gasteiger partial charge >= 0.3 is 5.97 Å². The van der Waals surface area contributed by atoms with Gasteiger partial charge in [0.15, 0.2) is 0 Å². The smallest absolute Gasteiger partial charge is 0.307 e. The van der Waals surface area contributed by atoms with Crippen LogP contribution in [0.15, 0.2) is 0 Å². The number of hydrogen-bond donors (Lipinski definition) is 1. The zero-order valence-electron chi connectivity index (χ0n) is 10.6. The van der Waals surface area contributed by atoms with E-state index in [9.17, 15) is 9.90 Å². The molecule has 1 aliphatic heterocycles. The molecular formula is C12H22O3S. The fraction of sp³-hybridized carbons (Fsp3) is 0.917. The van der Waals surface area contributed by atoms with Gasteiger partial charge in [0.05, 0.1) is 18.6 Å². The number of carbonyl (C=O) groups is 1. The van der Waals surface area contributed by atoms with E-state index in [1.807, 2.05) is 20.8 Å². The Balaban J connectivity index is 2.52. The second-order valence-electron chi connectivity index (χ2n) is 5.23. The van der Waals surface area contributed by atoms with E-state index in [0.29, 0.717) is 13.0 Å². The molecule has 0 saturated carbocycles. The normalized spacial score (nSPS) is 30.4. The van der Waals surface area contributed by atoms with Gasteiger partial charge in [-0.2, -0.15) is 0 Å². The van der Waals surface area contributed by atoms with Crippen LogP contribution in [0.3, 0.4) is 0 Å². The average molecular weight is 246 g/mol. The van der Waals surface area contributed by atoms with Crippen LogP contribution in [-0.4, -0.2) is 33.3 Å². The number of rotatable bonds is 4. The van der Waals surface area contributed by atoms with Crippen molar-refractivity contribution in [3.05, 3.63) is 0 Å². The molecule has 94 valence electrons. The molecule has 0 aliphatic carbocycles. The van der Waals surface area contributed by atoms with Gasteiger partial charge in [0.1, 0.15) is 0 Å². The molecule has 1 aliphatic rings. The fourth-order valence-corrected chi connectivity index (χ4v) is 3.69. The van der Waals surface area contributed by atoms with Gasteiger partial charge < -0.3 is 9.84 Å². The summed E-state index contributed by atoms with van der Waals surface area (Å²) in [6.45, 7) is 8.01. The maximum Gasteiger partial charge on any atom is 0.307 e. The van der Waals surface area contributed by atoms with E-state index in [1.54, 1.807) is 11.8 Å². The minimum Gasteiger partial charge on any atom is -0.466 e. The van der Waals surface area contributed by atoms with Crippen LogP contribution < -0.4 is 0 Å². The van der Waals surface area contributed by atoms with Crippen LogP contribution in [0.1, 0.15) is 47.0 Å². The first kappa shape index (κ1) is 13.8. The van der Waals surface area contributed by atoms with Gasteiger partial charge in [0.25, 0.3) is 0 Å². The van der Waals surface area contributed by atoms with Crippen LogP contribution >= 0.6 is 11.8 Å². The monoisotopic (exact) mass is 246 g/mol. The van der Waals surface area contributed by atoms with Gasteiger partial charge in [0, 0.05) is 10.00 Å². The number of carbonyl (C=O) groups excluding carboxylic acids is 1. The summed E-state index contributed by atoms with van der Waals surface area (Å²) in [6.07, 6.45) is 2.37. The molecule has 1 saturated heterocycles. The number of aliphatic hydroxyl groups is 1. The Morgan fingerprint density at radius 3 is 2.69 bits per heavy atom. The third-order valence-electron chi connectivity index (χ3n) is 2.97. The predicted molar refractivity (Wildman–Crippen MR) is 66.6 cm³/mol. The van der Waals surface area contributed by atoms with Crippen LogP contribution in [-0.2, 0) is 9.53 Å². The molecule has 0 bridgehead atoms. The van der Waals surface area contributed by atoms with E-state index in [-0.39, 0.29) is 16.0 Å². The van der Waals surface area contributed by atoms with Crippen LogP contribution in [0.2, 0.25) is 0 Å². The lowest BCUT2D eigenvalue weighted by atomic mass is 9.95. The molecule has 0 aromatic rings. The van der Waals surface area contributed by atoms with Gasteiger partial charge in [-0.3, -0.25) is 4.79 Å². The minimum absolute atomic E-state index is 0.0725. The molecule has 1 heterocycles. The quantitative estimate of drug-likeness (QED) is 0.774. The van der Waals surface area contributed by atoms with Crippen LogP contribution in [0.5, 0.6) is 0 Å². The zero-order valence-corrected chi connectivity index (χ0v) is 11.4. The summed E-state index contributed by atoms with van der Waals surface area (Å²) < 4.78 is 4.90. The lowest BCUT2D eigenvalue weighted by molar-refractivity contribution is -0.143. The van der Waals surface area contributed by atoms with E-state index < -0.39 is 5.60 Å². The van der Waals surface area contributed by atoms with Crippen molar-refractivity contribution in [1.29, 1.82) is 0 Å². The van der Waals surface area contributed by atoms with Crippen molar-refractivity contribution in [1.82, 2.24) is 0 Å². The first-order chi connectivity index (χ1) is 7.27. The standard InChI is InChI=1S/C12H22O3S/c1-5-15-10(13)8-12(4)7-6-9(16-12)11(2,3)14/h9,14H,5-8H2,1-4H3. The largest absolute Gasteiger partial charge is 0.466 e. The maximum absolute atomic E-state index is 11.5. The Hall–Kier alpha value is -0.220. The minimum atomic E-state index is -0.670. The third-order valence-corrected chi connectivity index (χ3v) is 4.99. The molecule has 2 atom stereocenters. The molecule has 0 amide bonds. The van der Waals surface area contributed by atoms with Crippen molar-refractivity contribution < 1.29 is 14.6 Å². The average Bonchev–Trinajstić information content (AvgIpc) is 2.47. The lowest BCUT2D eigenvalue weighted by Gasteiger charge is -2.28. The second-order valence-corrected chi connectivity index (χ2v) is 7.02. The highest BCUT2D eigenvalue weighted by molar-refractivity contribution is 8.01. The molecular weight excluding hydrogens is 224 g/mol. The maximum atomic E-state index is 11.5. The molecule has 0 aromatic carbocycles. The van der Waals surface area contributed by atoms with Crippen LogP contribution in [0.4, 0.5) is 0 Å². The Labute approximate surface area is 102 Å². The van der Waals surface area contributed by atoms with Gasteiger partial charge in [0.2, 0.25) is 0 Å². The molecule has 1 rings (SSSR count). The Bertz CT molecular complexity index is 259. The van der Waals surface area contributed by atoms with Crippen LogP contribution in [0.25, 0.3) is 0 Å². The summed E-state index contributed by atoms with van der Waals surface area (Å²) in [7, 11) is 0. The van der Waals surface area contributed by atoms with Gasteiger partial charge in [-0.15, -0.1) is 11.8 Å². The van der Waals surface area contributed by atoms with Crippen LogP contribution in [0, 0.1) is 0 Å². The highest BCUT2D eigenvalue weighted by Gasteiger charge is 2.43. The predicted octanol–water partition coefficient (Wildman–Crippen LogP) is 2.36. The zero-order chi connectivity index (χ0) is 12.4. The summed E-state index contributed by atoms with van der Waals surface area (Å²) in [5.74, 6) is -0.131. The lowest BCUT2D eigenvalue weighted by Crippen LogP contribution is -2.32. The topological polar surface area (TPSA) is 46.5 Å². The molecule has 1 fully saturated rings. The summed E-state index contributed by atoms with van der Waals surface area (Å²) in [5.41, 5.74) is -0.670. The van der Waals surface area contributed by atoms with E-state index in [4.69, 9.17) is 4.74 Å². The first-order valence-corrected chi connectivity index (χ1v) is 6.70. The number of thioether (sulfide) groups is 1. The first-order valence-electron chi connectivity index (χ1n) is 5.83. The molecule has 0 spiro atoms. The summed E-state index contributed by atoms with van der Waals surface area (Å²) in [6, 6.07) is 0. The van der Waals surface area contributed by atoms with Crippen molar-refractivity contribution in [2.75, 3.05) is 6.61 Å². The number of hydrogen-bond acceptors (Lipinski definition) is 4. The van der Waals surface area contributed by atoms with E-state index in [2.05, 4.69) is 6.92 Å². The fourth-order valence-electron chi connectivity index (χ4n) is 2.04. The van der Waals surface area contributed by atoms with Crippen molar-refractivity contribution in [3.8, 4) is 0 Å². The van der Waals surface area contributed by atoms with Gasteiger partial charge in [-0.1, -0.05) is 0 Å². The molecule has 3 nitrogen and oxygen atoms in total. The van der Waals surface area contributed by atoms with E-state index in [1.165, 1.54) is 0 Å². The molecule has 2 unspecified atom stereocenters. The molecule has 0 aromatic heterocycles.